The third-order valence-electron chi connectivity index (χ3n) is 3.03. The van der Waals surface area contributed by atoms with E-state index in [0.29, 0.717) is 18.1 Å². The van der Waals surface area contributed by atoms with Crippen LogP contribution in [0.3, 0.4) is 0 Å². The predicted molar refractivity (Wildman–Crippen MR) is 80.7 cm³/mol. The maximum absolute atomic E-state index is 12.0. The highest BCUT2D eigenvalue weighted by atomic mass is 32.1. The van der Waals surface area contributed by atoms with Crippen molar-refractivity contribution < 1.29 is 14.3 Å². The van der Waals surface area contributed by atoms with E-state index in [9.17, 15) is 9.59 Å². The molecule has 116 valence electrons. The Hall–Kier alpha value is -1.47. The maximum atomic E-state index is 12.0. The van der Waals surface area contributed by atoms with Crippen molar-refractivity contribution in [1.29, 1.82) is 0 Å². The van der Waals surface area contributed by atoms with Gasteiger partial charge in [-0.2, -0.15) is 0 Å². The molecule has 1 aromatic heterocycles. The summed E-state index contributed by atoms with van der Waals surface area (Å²) < 4.78 is 5.23. The second-order valence-corrected chi connectivity index (χ2v) is 7.02. The van der Waals surface area contributed by atoms with Gasteiger partial charge in [-0.3, -0.25) is 9.69 Å². The first kappa shape index (κ1) is 15.9. The Morgan fingerprint density at radius 2 is 2.29 bits per heavy atom. The topological polar surface area (TPSA) is 71.5 Å². The maximum Gasteiger partial charge on any atom is 0.407 e. The summed E-state index contributed by atoms with van der Waals surface area (Å²) in [5.74, 6) is 0.0305. The summed E-state index contributed by atoms with van der Waals surface area (Å²) in [5, 5.41) is 5.18. The molecule has 21 heavy (non-hydrogen) atoms. The number of ether oxygens (including phenoxy) is 1. The van der Waals surface area contributed by atoms with Crippen molar-refractivity contribution in [1.82, 2.24) is 15.2 Å². The molecule has 0 radical (unpaired) electrons. The smallest absolute Gasteiger partial charge is 0.407 e. The van der Waals surface area contributed by atoms with Crippen LogP contribution in [0, 0.1) is 0 Å². The van der Waals surface area contributed by atoms with Crippen LogP contribution in [-0.4, -0.2) is 53.0 Å². The largest absolute Gasteiger partial charge is 0.444 e. The number of carbonyl (C=O) groups excluding carboxylic acids is 2. The zero-order valence-corrected chi connectivity index (χ0v) is 13.4. The van der Waals surface area contributed by atoms with E-state index in [1.807, 2.05) is 25.7 Å². The number of hydrogen-bond acceptors (Lipinski definition) is 6. The molecule has 0 saturated carbocycles. The summed E-state index contributed by atoms with van der Waals surface area (Å²) in [6.45, 7) is 7.30. The lowest BCUT2D eigenvalue weighted by Gasteiger charge is -2.21. The zero-order valence-electron chi connectivity index (χ0n) is 12.6. The van der Waals surface area contributed by atoms with E-state index < -0.39 is 11.7 Å². The average Bonchev–Trinajstić information content (AvgIpc) is 2.97. The first-order chi connectivity index (χ1) is 9.83. The summed E-state index contributed by atoms with van der Waals surface area (Å²) >= 11 is 1.36. The van der Waals surface area contributed by atoms with Crippen molar-refractivity contribution in [2.24, 2.45) is 0 Å². The van der Waals surface area contributed by atoms with E-state index in [2.05, 4.69) is 10.3 Å². The van der Waals surface area contributed by atoms with Crippen molar-refractivity contribution in [2.45, 2.75) is 38.8 Å². The summed E-state index contributed by atoms with van der Waals surface area (Å²) in [6.07, 6.45) is 2.06. The molecule has 0 bridgehead atoms. The van der Waals surface area contributed by atoms with Crippen LogP contribution >= 0.6 is 11.3 Å². The minimum atomic E-state index is -0.497. The van der Waals surface area contributed by atoms with E-state index in [4.69, 9.17) is 4.74 Å². The number of ketones is 1. The van der Waals surface area contributed by atoms with Crippen LogP contribution in [0.5, 0.6) is 0 Å². The number of nitrogens with zero attached hydrogens (tertiary/aromatic N) is 2. The minimum absolute atomic E-state index is 0.0305. The highest BCUT2D eigenvalue weighted by Gasteiger charge is 2.27. The van der Waals surface area contributed by atoms with Crippen LogP contribution in [0.4, 0.5) is 4.79 Å². The van der Waals surface area contributed by atoms with Crippen molar-refractivity contribution in [3.05, 3.63) is 16.6 Å². The van der Waals surface area contributed by atoms with E-state index in [-0.39, 0.29) is 11.8 Å². The lowest BCUT2D eigenvalue weighted by molar-refractivity contribution is 0.0506. The van der Waals surface area contributed by atoms with E-state index in [1.165, 1.54) is 11.3 Å². The molecule has 1 N–H and O–H groups in total. The molecule has 2 rings (SSSR count). The van der Waals surface area contributed by atoms with Gasteiger partial charge in [0.05, 0.1) is 6.54 Å². The quantitative estimate of drug-likeness (QED) is 0.860. The summed E-state index contributed by atoms with van der Waals surface area (Å²) in [5.41, 5.74) is -0.497. The fourth-order valence-electron chi connectivity index (χ4n) is 2.20. The number of aromatic nitrogens is 1. The summed E-state index contributed by atoms with van der Waals surface area (Å²) in [4.78, 5) is 29.7. The zero-order chi connectivity index (χ0) is 15.5. The lowest BCUT2D eigenvalue weighted by Crippen LogP contribution is -2.41. The molecule has 1 atom stereocenters. The molecule has 1 fully saturated rings. The number of likely N-dealkylation sites (tertiary alicyclic amines) is 1. The number of hydrogen-bond donors (Lipinski definition) is 1. The number of Topliss-reactive ketones (excluding diaryl/α,β-unsaturated/α-hetero) is 1. The molecule has 0 aliphatic carbocycles. The normalized spacial score (nSPS) is 19.5. The highest BCUT2D eigenvalue weighted by molar-refractivity contribution is 7.11. The molecule has 1 aliphatic heterocycles. The molecule has 2 heterocycles. The lowest BCUT2D eigenvalue weighted by atomic mass is 10.2. The molecule has 0 aromatic carbocycles. The van der Waals surface area contributed by atoms with Crippen LogP contribution in [0.2, 0.25) is 0 Å². The van der Waals surface area contributed by atoms with Gasteiger partial charge in [0.1, 0.15) is 5.60 Å². The number of carbonyl (C=O) groups is 2. The number of thiazole rings is 1. The molecule has 6 nitrogen and oxygen atoms in total. The standard InChI is InChI=1S/C14H21N3O3S/c1-14(2,3)20-13(19)16-10-4-6-17(8-10)9-11(18)12-15-5-7-21-12/h5,7,10H,4,6,8-9H2,1-3H3,(H,16,19)/t10-/m1/s1. The summed E-state index contributed by atoms with van der Waals surface area (Å²) in [7, 11) is 0. The first-order valence-corrected chi connectivity index (χ1v) is 7.86. The van der Waals surface area contributed by atoms with Crippen LogP contribution < -0.4 is 5.32 Å². The number of amides is 1. The monoisotopic (exact) mass is 311 g/mol. The molecule has 1 amide bonds. The molecule has 1 aromatic rings. The van der Waals surface area contributed by atoms with Gasteiger partial charge in [-0.25, -0.2) is 9.78 Å². The van der Waals surface area contributed by atoms with Gasteiger partial charge in [0.15, 0.2) is 5.01 Å². The van der Waals surface area contributed by atoms with E-state index in [0.717, 1.165) is 13.0 Å². The molecular weight excluding hydrogens is 290 g/mol. The van der Waals surface area contributed by atoms with Gasteiger partial charge in [-0.05, 0) is 27.2 Å². The molecular formula is C14H21N3O3S. The van der Waals surface area contributed by atoms with Crippen LogP contribution in [0.15, 0.2) is 11.6 Å². The SMILES string of the molecule is CC(C)(C)OC(=O)N[C@@H]1CCN(CC(=O)c2nccs2)C1. The number of nitrogens with one attached hydrogen (secondary N) is 1. The minimum Gasteiger partial charge on any atom is -0.444 e. The van der Waals surface area contributed by atoms with Gasteiger partial charge in [0, 0.05) is 30.7 Å². The first-order valence-electron chi connectivity index (χ1n) is 6.98. The van der Waals surface area contributed by atoms with Crippen LogP contribution in [0.1, 0.15) is 37.0 Å². The molecule has 0 unspecified atom stereocenters. The van der Waals surface area contributed by atoms with Gasteiger partial charge in [-0.15, -0.1) is 11.3 Å². The Morgan fingerprint density at radius 3 is 2.90 bits per heavy atom. The second kappa shape index (κ2) is 6.53. The Balaban J connectivity index is 1.76. The van der Waals surface area contributed by atoms with Crippen molar-refractivity contribution in [2.75, 3.05) is 19.6 Å². The van der Waals surface area contributed by atoms with Gasteiger partial charge < -0.3 is 10.1 Å². The van der Waals surface area contributed by atoms with E-state index in [1.54, 1.807) is 11.6 Å². The average molecular weight is 311 g/mol. The second-order valence-electron chi connectivity index (χ2n) is 6.13. The van der Waals surface area contributed by atoms with Gasteiger partial charge in [0.2, 0.25) is 5.78 Å². The van der Waals surface area contributed by atoms with Crippen molar-refractivity contribution >= 4 is 23.2 Å². The Morgan fingerprint density at radius 1 is 1.52 bits per heavy atom. The number of rotatable bonds is 4. The van der Waals surface area contributed by atoms with Gasteiger partial charge in [0.25, 0.3) is 0 Å². The van der Waals surface area contributed by atoms with Crippen molar-refractivity contribution in [3.63, 3.8) is 0 Å². The molecule has 7 heteroatoms. The number of alkyl carbamates (subject to hydrolysis) is 1. The van der Waals surface area contributed by atoms with Crippen LogP contribution in [-0.2, 0) is 4.74 Å². The molecule has 1 saturated heterocycles. The Kier molecular flexibility index (Phi) is 4.95. The fraction of sp³-hybridized carbons (Fsp3) is 0.643. The highest BCUT2D eigenvalue weighted by Crippen LogP contribution is 2.13. The van der Waals surface area contributed by atoms with Crippen molar-refractivity contribution in [3.8, 4) is 0 Å². The van der Waals surface area contributed by atoms with E-state index >= 15 is 0 Å². The third kappa shape index (κ3) is 5.09. The van der Waals surface area contributed by atoms with Gasteiger partial charge >= 0.3 is 6.09 Å². The molecule has 0 spiro atoms. The van der Waals surface area contributed by atoms with Crippen LogP contribution in [0.25, 0.3) is 0 Å². The molecule has 1 aliphatic rings. The van der Waals surface area contributed by atoms with Gasteiger partial charge in [-0.1, -0.05) is 0 Å². The predicted octanol–water partition coefficient (Wildman–Crippen LogP) is 1.92. The Labute approximate surface area is 128 Å². The Bertz CT molecular complexity index is 496. The third-order valence-corrected chi connectivity index (χ3v) is 3.85. The summed E-state index contributed by atoms with van der Waals surface area (Å²) in [6, 6.07) is 0.0314. The fourth-order valence-corrected chi connectivity index (χ4v) is 2.77.